The van der Waals surface area contributed by atoms with Crippen LogP contribution in [0.3, 0.4) is 0 Å². The highest BCUT2D eigenvalue weighted by Gasteiger charge is 2.34. The molecule has 5 heteroatoms. The minimum Gasteiger partial charge on any atom is -0.457 e. The zero-order valence-corrected chi connectivity index (χ0v) is 14.2. The van der Waals surface area contributed by atoms with Crippen LogP contribution in [0.4, 0.5) is 5.69 Å². The Morgan fingerprint density at radius 1 is 1.08 bits per heavy atom. The zero-order chi connectivity index (χ0) is 17.2. The Morgan fingerprint density at radius 3 is 2.48 bits per heavy atom. The Labute approximate surface area is 147 Å². The van der Waals surface area contributed by atoms with E-state index in [2.05, 4.69) is 10.2 Å². The lowest BCUT2D eigenvalue weighted by Crippen LogP contribution is -2.57. The maximum Gasteiger partial charge on any atom is 0.251 e. The maximum atomic E-state index is 12.5. The molecule has 25 heavy (non-hydrogen) atoms. The van der Waals surface area contributed by atoms with E-state index in [1.807, 2.05) is 30.3 Å². The van der Waals surface area contributed by atoms with Gasteiger partial charge in [0.2, 0.25) is 0 Å². The van der Waals surface area contributed by atoms with E-state index in [0.29, 0.717) is 28.7 Å². The number of nitrogens with zero attached hydrogens (tertiary/aromatic N) is 1. The molecule has 3 heterocycles. The van der Waals surface area contributed by atoms with Gasteiger partial charge in [-0.25, -0.2) is 0 Å². The van der Waals surface area contributed by atoms with Gasteiger partial charge in [0.25, 0.3) is 5.91 Å². The average Bonchev–Trinajstić information content (AvgIpc) is 2.63. The smallest absolute Gasteiger partial charge is 0.251 e. The van der Waals surface area contributed by atoms with Crippen LogP contribution in [0.25, 0.3) is 0 Å². The molecule has 2 aromatic carbocycles. The highest BCUT2D eigenvalue weighted by atomic mass is 16.5. The Balaban J connectivity index is 1.39. The van der Waals surface area contributed by atoms with Crippen molar-refractivity contribution in [2.24, 2.45) is 5.92 Å². The monoisotopic (exact) mass is 337 g/mol. The van der Waals surface area contributed by atoms with Crippen LogP contribution in [0.1, 0.15) is 23.2 Å². The maximum absolute atomic E-state index is 12.5. The van der Waals surface area contributed by atoms with E-state index in [4.69, 9.17) is 10.5 Å². The predicted octanol–water partition coefficient (Wildman–Crippen LogP) is 2.89. The second kappa shape index (κ2) is 6.76. The number of nitrogens with two attached hydrogens (primary N) is 1. The molecule has 3 fully saturated rings. The number of rotatable bonds is 4. The average molecular weight is 337 g/mol. The molecule has 0 radical (unpaired) electrons. The fourth-order valence-corrected chi connectivity index (χ4v) is 3.77. The van der Waals surface area contributed by atoms with Gasteiger partial charge in [-0.3, -0.25) is 4.79 Å². The van der Waals surface area contributed by atoms with Crippen LogP contribution in [0.2, 0.25) is 0 Å². The number of amides is 1. The zero-order valence-electron chi connectivity index (χ0n) is 14.2. The lowest BCUT2D eigenvalue weighted by atomic mass is 9.84. The van der Waals surface area contributed by atoms with E-state index >= 15 is 0 Å². The molecule has 1 amide bonds. The van der Waals surface area contributed by atoms with E-state index in [9.17, 15) is 4.79 Å². The third-order valence-corrected chi connectivity index (χ3v) is 5.18. The first-order valence-electron chi connectivity index (χ1n) is 8.84. The standard InChI is InChI=1S/C20H23N3O2/c21-16-2-1-3-18(12-16)25-17-6-4-15(5-7-17)20(24)22-19-13-23-10-8-14(19)9-11-23/h1-7,12,14,19H,8-11,13,21H2,(H,22,24). The number of carbonyl (C=O) groups excluding carboxylic acids is 1. The summed E-state index contributed by atoms with van der Waals surface area (Å²) in [5.41, 5.74) is 7.08. The fourth-order valence-electron chi connectivity index (χ4n) is 3.77. The van der Waals surface area contributed by atoms with Crippen molar-refractivity contribution in [1.29, 1.82) is 0 Å². The summed E-state index contributed by atoms with van der Waals surface area (Å²) in [7, 11) is 0. The molecule has 1 unspecified atom stereocenters. The molecule has 3 aliphatic heterocycles. The van der Waals surface area contributed by atoms with Crippen LogP contribution in [-0.4, -0.2) is 36.5 Å². The number of anilines is 1. The Bertz CT molecular complexity index is 752. The third-order valence-electron chi connectivity index (χ3n) is 5.18. The SMILES string of the molecule is Nc1cccc(Oc2ccc(C(=O)NC3CN4CCC3CC4)cc2)c1. The minimum atomic E-state index is -0.00532. The molecule has 2 aromatic rings. The number of nitrogens with one attached hydrogen (secondary N) is 1. The van der Waals surface area contributed by atoms with Crippen molar-refractivity contribution in [2.75, 3.05) is 25.4 Å². The van der Waals surface area contributed by atoms with E-state index in [1.165, 1.54) is 25.9 Å². The van der Waals surface area contributed by atoms with Gasteiger partial charge in [0, 0.05) is 29.9 Å². The fraction of sp³-hybridized carbons (Fsp3) is 0.350. The van der Waals surface area contributed by atoms with Gasteiger partial charge in [-0.1, -0.05) is 6.07 Å². The van der Waals surface area contributed by atoms with E-state index in [-0.39, 0.29) is 11.9 Å². The van der Waals surface area contributed by atoms with Crippen molar-refractivity contribution in [1.82, 2.24) is 10.2 Å². The third kappa shape index (κ3) is 3.61. The number of nitrogen functional groups attached to an aromatic ring is 1. The van der Waals surface area contributed by atoms with Gasteiger partial charge >= 0.3 is 0 Å². The van der Waals surface area contributed by atoms with Gasteiger partial charge in [0.05, 0.1) is 0 Å². The summed E-state index contributed by atoms with van der Waals surface area (Å²) in [5, 5.41) is 3.21. The predicted molar refractivity (Wildman–Crippen MR) is 97.8 cm³/mol. The van der Waals surface area contributed by atoms with Gasteiger partial charge in [0.1, 0.15) is 11.5 Å². The summed E-state index contributed by atoms with van der Waals surface area (Å²) in [6, 6.07) is 14.8. The van der Waals surface area contributed by atoms with E-state index in [1.54, 1.807) is 18.2 Å². The van der Waals surface area contributed by atoms with Crippen molar-refractivity contribution in [3.05, 3.63) is 54.1 Å². The number of fused-ring (bicyclic) bond motifs is 3. The molecule has 5 nitrogen and oxygen atoms in total. The Kier molecular flexibility index (Phi) is 4.32. The lowest BCUT2D eigenvalue weighted by molar-refractivity contribution is 0.0620. The Hall–Kier alpha value is -2.53. The highest BCUT2D eigenvalue weighted by molar-refractivity contribution is 5.94. The van der Waals surface area contributed by atoms with Crippen molar-refractivity contribution >= 4 is 11.6 Å². The van der Waals surface area contributed by atoms with Crippen LogP contribution in [0.5, 0.6) is 11.5 Å². The van der Waals surface area contributed by atoms with Gasteiger partial charge in [-0.15, -0.1) is 0 Å². The summed E-state index contributed by atoms with van der Waals surface area (Å²) in [6.07, 6.45) is 2.38. The molecule has 0 aliphatic carbocycles. The van der Waals surface area contributed by atoms with Crippen molar-refractivity contribution in [3.8, 4) is 11.5 Å². The molecule has 0 saturated carbocycles. The Morgan fingerprint density at radius 2 is 1.84 bits per heavy atom. The molecule has 3 saturated heterocycles. The topological polar surface area (TPSA) is 67.6 Å². The van der Waals surface area contributed by atoms with Crippen molar-refractivity contribution in [3.63, 3.8) is 0 Å². The summed E-state index contributed by atoms with van der Waals surface area (Å²) in [4.78, 5) is 15.0. The second-order valence-corrected chi connectivity index (χ2v) is 6.92. The summed E-state index contributed by atoms with van der Waals surface area (Å²) < 4.78 is 5.77. The van der Waals surface area contributed by atoms with Gasteiger partial charge in [-0.05, 0) is 68.2 Å². The number of benzene rings is 2. The van der Waals surface area contributed by atoms with Crippen LogP contribution in [0, 0.1) is 5.92 Å². The second-order valence-electron chi connectivity index (χ2n) is 6.92. The lowest BCUT2D eigenvalue weighted by Gasteiger charge is -2.44. The summed E-state index contributed by atoms with van der Waals surface area (Å²) in [5.74, 6) is 1.99. The van der Waals surface area contributed by atoms with Crippen molar-refractivity contribution in [2.45, 2.75) is 18.9 Å². The normalized spacial score (nSPS) is 24.7. The first-order chi connectivity index (χ1) is 12.2. The number of carbonyl (C=O) groups is 1. The number of hydrogen-bond donors (Lipinski definition) is 2. The number of ether oxygens (including phenoxy) is 1. The summed E-state index contributed by atoms with van der Waals surface area (Å²) in [6.45, 7) is 3.33. The highest BCUT2D eigenvalue weighted by Crippen LogP contribution is 2.28. The quantitative estimate of drug-likeness (QED) is 0.842. The van der Waals surface area contributed by atoms with Crippen LogP contribution >= 0.6 is 0 Å². The number of hydrogen-bond acceptors (Lipinski definition) is 4. The van der Waals surface area contributed by atoms with Gasteiger partial charge in [-0.2, -0.15) is 0 Å². The summed E-state index contributed by atoms with van der Waals surface area (Å²) >= 11 is 0. The van der Waals surface area contributed by atoms with E-state index < -0.39 is 0 Å². The minimum absolute atomic E-state index is 0.00532. The largest absolute Gasteiger partial charge is 0.457 e. The first kappa shape index (κ1) is 16.0. The molecule has 2 bridgehead atoms. The van der Waals surface area contributed by atoms with Crippen LogP contribution < -0.4 is 15.8 Å². The molecular weight excluding hydrogens is 314 g/mol. The molecule has 0 spiro atoms. The molecule has 3 N–H and O–H groups in total. The van der Waals surface area contributed by atoms with Crippen molar-refractivity contribution < 1.29 is 9.53 Å². The van der Waals surface area contributed by atoms with E-state index in [0.717, 1.165) is 6.54 Å². The number of piperidine rings is 3. The molecule has 1 atom stereocenters. The molecule has 0 aromatic heterocycles. The first-order valence-corrected chi connectivity index (χ1v) is 8.84. The van der Waals surface area contributed by atoms with Crippen LogP contribution in [0.15, 0.2) is 48.5 Å². The molecular formula is C20H23N3O2. The molecule has 5 rings (SSSR count). The van der Waals surface area contributed by atoms with Gasteiger partial charge in [0.15, 0.2) is 0 Å². The van der Waals surface area contributed by atoms with Gasteiger partial charge < -0.3 is 20.7 Å². The molecule has 130 valence electrons. The van der Waals surface area contributed by atoms with Crippen LogP contribution in [-0.2, 0) is 0 Å². The molecule has 3 aliphatic rings.